The standard InChI is InChI=1S/C7H17NS/c1-3-4-5-7(9)6(2)8/h6-7,9H,3-5,8H2,1-2H3. The molecule has 0 amide bonds. The smallest absolute Gasteiger partial charge is 0.0166 e. The molecule has 0 aliphatic rings. The Labute approximate surface area is 63.4 Å². The summed E-state index contributed by atoms with van der Waals surface area (Å²) in [7, 11) is 0. The molecule has 0 heterocycles. The van der Waals surface area contributed by atoms with Crippen molar-refractivity contribution in [2.45, 2.75) is 44.4 Å². The molecular formula is C7H17NS. The zero-order valence-electron chi connectivity index (χ0n) is 6.30. The van der Waals surface area contributed by atoms with Gasteiger partial charge in [-0.15, -0.1) is 0 Å². The Morgan fingerprint density at radius 3 is 2.44 bits per heavy atom. The Kier molecular flexibility index (Phi) is 5.30. The van der Waals surface area contributed by atoms with Crippen LogP contribution in [0.2, 0.25) is 0 Å². The Morgan fingerprint density at radius 2 is 2.11 bits per heavy atom. The monoisotopic (exact) mass is 147 g/mol. The highest BCUT2D eigenvalue weighted by Crippen LogP contribution is 2.08. The van der Waals surface area contributed by atoms with E-state index in [9.17, 15) is 0 Å². The molecular weight excluding hydrogens is 130 g/mol. The molecule has 0 fully saturated rings. The zero-order chi connectivity index (χ0) is 7.28. The SMILES string of the molecule is CCCCC(S)C(C)N. The van der Waals surface area contributed by atoms with Crippen LogP contribution in [-0.2, 0) is 0 Å². The zero-order valence-corrected chi connectivity index (χ0v) is 7.20. The molecule has 0 spiro atoms. The summed E-state index contributed by atoms with van der Waals surface area (Å²) in [6, 6.07) is 0.236. The molecule has 0 aliphatic heterocycles. The molecule has 0 radical (unpaired) electrons. The predicted molar refractivity (Wildman–Crippen MR) is 45.9 cm³/mol. The van der Waals surface area contributed by atoms with Crippen LogP contribution in [0.25, 0.3) is 0 Å². The van der Waals surface area contributed by atoms with Gasteiger partial charge in [0.05, 0.1) is 0 Å². The first kappa shape index (κ1) is 9.31. The molecule has 2 atom stereocenters. The summed E-state index contributed by atoms with van der Waals surface area (Å²) < 4.78 is 0. The van der Waals surface area contributed by atoms with Crippen LogP contribution in [0.5, 0.6) is 0 Å². The third kappa shape index (κ3) is 4.79. The van der Waals surface area contributed by atoms with Gasteiger partial charge in [0, 0.05) is 11.3 Å². The van der Waals surface area contributed by atoms with Crippen LogP contribution in [0.3, 0.4) is 0 Å². The third-order valence-electron chi connectivity index (χ3n) is 1.46. The molecule has 0 aliphatic carbocycles. The number of hydrogen-bond donors (Lipinski definition) is 2. The van der Waals surface area contributed by atoms with Gasteiger partial charge < -0.3 is 5.73 Å². The summed E-state index contributed by atoms with van der Waals surface area (Å²) in [6.45, 7) is 4.19. The highest BCUT2D eigenvalue weighted by atomic mass is 32.1. The normalized spacial score (nSPS) is 17.3. The number of unbranched alkanes of at least 4 members (excludes halogenated alkanes) is 1. The van der Waals surface area contributed by atoms with E-state index in [1.807, 2.05) is 6.92 Å². The molecule has 0 bridgehead atoms. The molecule has 1 nitrogen and oxygen atoms in total. The maximum atomic E-state index is 5.60. The minimum absolute atomic E-state index is 0.236. The van der Waals surface area contributed by atoms with Crippen molar-refractivity contribution < 1.29 is 0 Å². The summed E-state index contributed by atoms with van der Waals surface area (Å²) in [5, 5.41) is 0.393. The lowest BCUT2D eigenvalue weighted by molar-refractivity contribution is 0.610. The van der Waals surface area contributed by atoms with Crippen molar-refractivity contribution in [3.05, 3.63) is 0 Å². The van der Waals surface area contributed by atoms with Crippen molar-refractivity contribution in [2.24, 2.45) is 5.73 Å². The van der Waals surface area contributed by atoms with Gasteiger partial charge in [-0.25, -0.2) is 0 Å². The van der Waals surface area contributed by atoms with Gasteiger partial charge in [0.2, 0.25) is 0 Å². The predicted octanol–water partition coefficient (Wildman–Crippen LogP) is 1.82. The first-order chi connectivity index (χ1) is 4.18. The number of thiol groups is 1. The lowest BCUT2D eigenvalue weighted by Gasteiger charge is -2.12. The van der Waals surface area contributed by atoms with Crippen molar-refractivity contribution in [3.8, 4) is 0 Å². The molecule has 0 aromatic heterocycles. The second kappa shape index (κ2) is 5.12. The number of nitrogens with two attached hydrogens (primary N) is 1. The molecule has 0 rings (SSSR count). The van der Waals surface area contributed by atoms with E-state index in [1.165, 1.54) is 12.8 Å². The molecule has 2 unspecified atom stereocenters. The number of rotatable bonds is 4. The topological polar surface area (TPSA) is 26.0 Å². The van der Waals surface area contributed by atoms with Gasteiger partial charge in [-0.05, 0) is 13.3 Å². The summed E-state index contributed by atoms with van der Waals surface area (Å²) in [6.07, 6.45) is 3.64. The Morgan fingerprint density at radius 1 is 1.56 bits per heavy atom. The summed E-state index contributed by atoms with van der Waals surface area (Å²) in [4.78, 5) is 0. The quantitative estimate of drug-likeness (QED) is 0.583. The van der Waals surface area contributed by atoms with Crippen LogP contribution in [0, 0.1) is 0 Å². The molecule has 2 heteroatoms. The third-order valence-corrected chi connectivity index (χ3v) is 2.19. The largest absolute Gasteiger partial charge is 0.327 e. The van der Waals surface area contributed by atoms with Gasteiger partial charge in [-0.2, -0.15) is 12.6 Å². The first-order valence-corrected chi connectivity index (χ1v) is 4.13. The van der Waals surface area contributed by atoms with E-state index in [1.54, 1.807) is 0 Å². The molecule has 0 aromatic carbocycles. The summed E-state index contributed by atoms with van der Waals surface area (Å²) in [5.74, 6) is 0. The highest BCUT2D eigenvalue weighted by molar-refractivity contribution is 7.81. The maximum Gasteiger partial charge on any atom is 0.0166 e. The van der Waals surface area contributed by atoms with Gasteiger partial charge in [0.1, 0.15) is 0 Å². The first-order valence-electron chi connectivity index (χ1n) is 3.62. The fraction of sp³-hybridized carbons (Fsp3) is 1.00. The van der Waals surface area contributed by atoms with Crippen LogP contribution in [0.4, 0.5) is 0 Å². The molecule has 0 saturated heterocycles. The Bertz CT molecular complexity index is 63.9. The highest BCUT2D eigenvalue weighted by Gasteiger charge is 2.05. The van der Waals surface area contributed by atoms with Gasteiger partial charge in [-0.3, -0.25) is 0 Å². The van der Waals surface area contributed by atoms with Gasteiger partial charge in [0.15, 0.2) is 0 Å². The molecule has 2 N–H and O–H groups in total. The van der Waals surface area contributed by atoms with Crippen LogP contribution in [0.15, 0.2) is 0 Å². The van der Waals surface area contributed by atoms with E-state index in [4.69, 9.17) is 5.73 Å². The molecule has 56 valence electrons. The van der Waals surface area contributed by atoms with Crippen molar-refractivity contribution in [1.82, 2.24) is 0 Å². The van der Waals surface area contributed by atoms with E-state index in [2.05, 4.69) is 19.6 Å². The second-order valence-electron chi connectivity index (χ2n) is 2.57. The molecule has 9 heavy (non-hydrogen) atoms. The van der Waals surface area contributed by atoms with E-state index in [-0.39, 0.29) is 6.04 Å². The second-order valence-corrected chi connectivity index (χ2v) is 3.23. The Balaban J connectivity index is 3.16. The average molecular weight is 147 g/mol. The average Bonchev–Trinajstić information content (AvgIpc) is 1.82. The minimum atomic E-state index is 0.236. The van der Waals surface area contributed by atoms with E-state index < -0.39 is 0 Å². The van der Waals surface area contributed by atoms with Gasteiger partial charge in [0.25, 0.3) is 0 Å². The van der Waals surface area contributed by atoms with Crippen molar-refractivity contribution in [1.29, 1.82) is 0 Å². The van der Waals surface area contributed by atoms with E-state index in [0.717, 1.165) is 6.42 Å². The van der Waals surface area contributed by atoms with Crippen molar-refractivity contribution in [3.63, 3.8) is 0 Å². The fourth-order valence-electron chi connectivity index (χ4n) is 0.676. The van der Waals surface area contributed by atoms with Gasteiger partial charge in [-0.1, -0.05) is 19.8 Å². The molecule has 0 saturated carbocycles. The summed E-state index contributed by atoms with van der Waals surface area (Å²) >= 11 is 4.33. The van der Waals surface area contributed by atoms with Crippen LogP contribution >= 0.6 is 12.6 Å². The van der Waals surface area contributed by atoms with Crippen LogP contribution < -0.4 is 5.73 Å². The van der Waals surface area contributed by atoms with E-state index in [0.29, 0.717) is 5.25 Å². The van der Waals surface area contributed by atoms with Crippen molar-refractivity contribution in [2.75, 3.05) is 0 Å². The maximum absolute atomic E-state index is 5.60. The van der Waals surface area contributed by atoms with Crippen LogP contribution in [0.1, 0.15) is 33.1 Å². The van der Waals surface area contributed by atoms with Gasteiger partial charge >= 0.3 is 0 Å². The lowest BCUT2D eigenvalue weighted by Crippen LogP contribution is -2.26. The van der Waals surface area contributed by atoms with Crippen molar-refractivity contribution >= 4 is 12.6 Å². The lowest BCUT2D eigenvalue weighted by atomic mass is 10.1. The fourth-order valence-corrected chi connectivity index (χ4v) is 0.859. The van der Waals surface area contributed by atoms with Crippen LogP contribution in [-0.4, -0.2) is 11.3 Å². The minimum Gasteiger partial charge on any atom is -0.327 e. The Hall–Kier alpha value is 0.310. The summed E-state index contributed by atoms with van der Waals surface area (Å²) in [5.41, 5.74) is 5.60. The molecule has 0 aromatic rings. The number of hydrogen-bond acceptors (Lipinski definition) is 2. The van der Waals surface area contributed by atoms with E-state index >= 15 is 0 Å².